The van der Waals surface area contributed by atoms with E-state index in [2.05, 4.69) is 30.5 Å². The Morgan fingerprint density at radius 2 is 2.00 bits per heavy atom. The minimum absolute atomic E-state index is 0.0244. The standard InChI is InChI=1S/C21H22N2O2S2/c1-26-17-10-8-15(9-11-17)14-27-21-22-19-7-3-2-6-18(19)20(24)23(21)13-16-5-4-12-25-16/h2-3,6-11,16H,4-5,12-14H2,1H3. The van der Waals surface area contributed by atoms with E-state index in [0.29, 0.717) is 11.9 Å². The summed E-state index contributed by atoms with van der Waals surface area (Å²) in [6.07, 6.45) is 4.24. The molecule has 1 fully saturated rings. The van der Waals surface area contributed by atoms with Gasteiger partial charge in [-0.15, -0.1) is 11.8 Å². The molecule has 0 aliphatic carbocycles. The van der Waals surface area contributed by atoms with Crippen LogP contribution in [0.25, 0.3) is 10.9 Å². The average Bonchev–Trinajstić information content (AvgIpc) is 3.22. The summed E-state index contributed by atoms with van der Waals surface area (Å²) in [7, 11) is 0. The minimum atomic E-state index is 0.0244. The second-order valence-electron chi connectivity index (χ2n) is 6.60. The fourth-order valence-corrected chi connectivity index (χ4v) is 4.65. The van der Waals surface area contributed by atoms with Gasteiger partial charge in [0.15, 0.2) is 5.16 Å². The number of hydrogen-bond donors (Lipinski definition) is 0. The maximum Gasteiger partial charge on any atom is 0.262 e. The first-order valence-electron chi connectivity index (χ1n) is 9.11. The lowest BCUT2D eigenvalue weighted by molar-refractivity contribution is 0.0937. The zero-order valence-electron chi connectivity index (χ0n) is 15.3. The van der Waals surface area contributed by atoms with Crippen molar-refractivity contribution in [2.75, 3.05) is 12.9 Å². The molecular weight excluding hydrogens is 376 g/mol. The lowest BCUT2D eigenvalue weighted by Gasteiger charge is -2.16. The number of aromatic nitrogens is 2. The zero-order valence-corrected chi connectivity index (χ0v) is 16.9. The van der Waals surface area contributed by atoms with Crippen LogP contribution >= 0.6 is 23.5 Å². The van der Waals surface area contributed by atoms with Gasteiger partial charge in [-0.2, -0.15) is 0 Å². The molecule has 3 aromatic rings. The normalized spacial score (nSPS) is 16.9. The lowest BCUT2D eigenvalue weighted by Crippen LogP contribution is -2.28. The van der Waals surface area contributed by atoms with Gasteiger partial charge in [-0.05, 0) is 48.9 Å². The maximum atomic E-state index is 13.1. The maximum absolute atomic E-state index is 13.1. The summed E-state index contributed by atoms with van der Waals surface area (Å²) in [6, 6.07) is 16.1. The summed E-state index contributed by atoms with van der Waals surface area (Å²) in [5.41, 5.74) is 2.01. The van der Waals surface area contributed by atoms with Gasteiger partial charge in [-0.3, -0.25) is 9.36 Å². The van der Waals surface area contributed by atoms with E-state index in [4.69, 9.17) is 9.72 Å². The number of rotatable bonds is 6. The molecule has 27 heavy (non-hydrogen) atoms. The molecule has 0 spiro atoms. The van der Waals surface area contributed by atoms with Crippen molar-refractivity contribution in [1.82, 2.24) is 9.55 Å². The molecule has 4 nitrogen and oxygen atoms in total. The van der Waals surface area contributed by atoms with Crippen molar-refractivity contribution in [3.63, 3.8) is 0 Å². The Hall–Kier alpha value is -1.76. The molecule has 0 saturated carbocycles. The van der Waals surface area contributed by atoms with E-state index >= 15 is 0 Å². The summed E-state index contributed by atoms with van der Waals surface area (Å²) in [4.78, 5) is 19.1. The Morgan fingerprint density at radius 1 is 1.19 bits per heavy atom. The van der Waals surface area contributed by atoms with Gasteiger partial charge in [-0.25, -0.2) is 4.98 Å². The first-order valence-corrected chi connectivity index (χ1v) is 11.3. The van der Waals surface area contributed by atoms with Crippen LogP contribution in [0.3, 0.4) is 0 Å². The SMILES string of the molecule is CSc1ccc(CSc2nc3ccccc3c(=O)n2CC2CCCO2)cc1. The number of para-hydroxylation sites is 1. The van der Waals surface area contributed by atoms with E-state index in [9.17, 15) is 4.79 Å². The molecule has 140 valence electrons. The van der Waals surface area contributed by atoms with E-state index in [0.717, 1.165) is 35.9 Å². The van der Waals surface area contributed by atoms with E-state index < -0.39 is 0 Å². The third kappa shape index (κ3) is 4.23. The molecular formula is C21H22N2O2S2. The second kappa shape index (κ2) is 8.50. The molecule has 6 heteroatoms. The highest BCUT2D eigenvalue weighted by atomic mass is 32.2. The van der Waals surface area contributed by atoms with E-state index in [1.54, 1.807) is 28.1 Å². The van der Waals surface area contributed by atoms with Gasteiger partial charge in [0.2, 0.25) is 0 Å². The lowest BCUT2D eigenvalue weighted by atomic mass is 10.2. The zero-order chi connectivity index (χ0) is 18.6. The van der Waals surface area contributed by atoms with Crippen molar-refractivity contribution >= 4 is 34.4 Å². The van der Waals surface area contributed by atoms with Crippen LogP contribution in [-0.2, 0) is 17.0 Å². The van der Waals surface area contributed by atoms with Gasteiger partial charge in [0.1, 0.15) is 0 Å². The number of hydrogen-bond acceptors (Lipinski definition) is 5. The number of nitrogens with zero attached hydrogens (tertiary/aromatic N) is 2. The molecule has 1 unspecified atom stereocenters. The van der Waals surface area contributed by atoms with Crippen molar-refractivity contribution in [3.05, 3.63) is 64.4 Å². The molecule has 1 aliphatic heterocycles. The van der Waals surface area contributed by atoms with Crippen molar-refractivity contribution in [3.8, 4) is 0 Å². The van der Waals surface area contributed by atoms with Crippen LogP contribution in [0.5, 0.6) is 0 Å². The van der Waals surface area contributed by atoms with Crippen LogP contribution < -0.4 is 5.56 Å². The molecule has 1 aromatic heterocycles. The van der Waals surface area contributed by atoms with Crippen LogP contribution in [-0.4, -0.2) is 28.5 Å². The van der Waals surface area contributed by atoms with Crippen LogP contribution in [0.15, 0.2) is 63.4 Å². The summed E-state index contributed by atoms with van der Waals surface area (Å²) < 4.78 is 7.57. The quantitative estimate of drug-likeness (QED) is 0.449. The highest BCUT2D eigenvalue weighted by Crippen LogP contribution is 2.25. The molecule has 4 rings (SSSR count). The molecule has 2 aromatic carbocycles. The van der Waals surface area contributed by atoms with Crippen molar-refractivity contribution in [2.45, 2.75) is 41.3 Å². The summed E-state index contributed by atoms with van der Waals surface area (Å²) in [5, 5.41) is 1.44. The predicted octanol–water partition coefficient (Wildman–Crippen LogP) is 4.59. The van der Waals surface area contributed by atoms with Crippen LogP contribution in [0.1, 0.15) is 18.4 Å². The van der Waals surface area contributed by atoms with Crippen molar-refractivity contribution in [2.24, 2.45) is 0 Å². The highest BCUT2D eigenvalue weighted by molar-refractivity contribution is 7.98. The summed E-state index contributed by atoms with van der Waals surface area (Å²) in [5.74, 6) is 0.783. The first kappa shape index (κ1) is 18.6. The molecule has 0 bridgehead atoms. The summed E-state index contributed by atoms with van der Waals surface area (Å²) >= 11 is 3.35. The molecule has 1 saturated heterocycles. The van der Waals surface area contributed by atoms with Gasteiger partial charge >= 0.3 is 0 Å². The van der Waals surface area contributed by atoms with Crippen LogP contribution in [0.2, 0.25) is 0 Å². The van der Waals surface area contributed by atoms with E-state index in [1.807, 2.05) is 24.3 Å². The Kier molecular flexibility index (Phi) is 5.86. The Labute approximate surface area is 167 Å². The summed E-state index contributed by atoms with van der Waals surface area (Å²) in [6.45, 7) is 1.36. The fourth-order valence-electron chi connectivity index (χ4n) is 3.28. The molecule has 0 radical (unpaired) electrons. The number of thioether (sulfide) groups is 2. The van der Waals surface area contributed by atoms with Gasteiger partial charge in [-0.1, -0.05) is 36.0 Å². The van der Waals surface area contributed by atoms with Crippen LogP contribution in [0, 0.1) is 0 Å². The Morgan fingerprint density at radius 3 is 2.74 bits per heavy atom. The molecule has 0 amide bonds. The Bertz CT molecular complexity index is 980. The molecule has 2 heterocycles. The Balaban J connectivity index is 1.65. The predicted molar refractivity (Wildman–Crippen MR) is 113 cm³/mol. The number of fused-ring (bicyclic) bond motifs is 1. The topological polar surface area (TPSA) is 44.1 Å². The fraction of sp³-hybridized carbons (Fsp3) is 0.333. The van der Waals surface area contributed by atoms with Crippen molar-refractivity contribution < 1.29 is 4.74 Å². The van der Waals surface area contributed by atoms with Crippen molar-refractivity contribution in [1.29, 1.82) is 0 Å². The van der Waals surface area contributed by atoms with Gasteiger partial charge in [0, 0.05) is 17.3 Å². The first-order chi connectivity index (χ1) is 13.2. The van der Waals surface area contributed by atoms with Crippen LogP contribution in [0.4, 0.5) is 0 Å². The third-order valence-corrected chi connectivity index (χ3v) is 6.55. The van der Waals surface area contributed by atoms with Gasteiger partial charge < -0.3 is 4.74 Å². The van der Waals surface area contributed by atoms with E-state index in [1.165, 1.54) is 10.5 Å². The number of ether oxygens (including phenoxy) is 1. The largest absolute Gasteiger partial charge is 0.376 e. The molecule has 1 aliphatic rings. The van der Waals surface area contributed by atoms with Gasteiger partial charge in [0.05, 0.1) is 23.6 Å². The van der Waals surface area contributed by atoms with E-state index in [-0.39, 0.29) is 11.7 Å². The second-order valence-corrected chi connectivity index (χ2v) is 8.42. The monoisotopic (exact) mass is 398 g/mol. The highest BCUT2D eigenvalue weighted by Gasteiger charge is 2.20. The average molecular weight is 399 g/mol. The molecule has 0 N–H and O–H groups in total. The molecule has 1 atom stereocenters. The third-order valence-electron chi connectivity index (χ3n) is 4.76. The smallest absolute Gasteiger partial charge is 0.262 e. The van der Waals surface area contributed by atoms with Gasteiger partial charge in [0.25, 0.3) is 5.56 Å². The minimum Gasteiger partial charge on any atom is -0.376 e. The number of benzene rings is 2.